The number of nitrogens with one attached hydrogen (secondary N) is 1. The Labute approximate surface area is 91.6 Å². The normalized spacial score (nSPS) is 14.5. The molecule has 2 heteroatoms. The summed E-state index contributed by atoms with van der Waals surface area (Å²) in [5.41, 5.74) is 2.68. The lowest BCUT2D eigenvalue weighted by atomic mass is 10.0. The highest BCUT2D eigenvalue weighted by Crippen LogP contribution is 2.28. The monoisotopic (exact) mass is 205 g/mol. The van der Waals surface area contributed by atoms with Crippen molar-refractivity contribution in [3.05, 3.63) is 29.3 Å². The van der Waals surface area contributed by atoms with Crippen LogP contribution in [0.25, 0.3) is 0 Å². The van der Waals surface area contributed by atoms with Crippen LogP contribution in [-0.2, 0) is 13.0 Å². The number of hydrogen-bond donors (Lipinski definition) is 1. The molecule has 0 bridgehead atoms. The third-order valence-corrected chi connectivity index (χ3v) is 2.76. The maximum Gasteiger partial charge on any atom is 0.126 e. The van der Waals surface area contributed by atoms with Crippen molar-refractivity contribution in [2.24, 2.45) is 0 Å². The molecule has 0 spiro atoms. The van der Waals surface area contributed by atoms with Gasteiger partial charge in [0.2, 0.25) is 0 Å². The molecule has 1 aliphatic rings. The molecule has 0 amide bonds. The van der Waals surface area contributed by atoms with Crippen LogP contribution >= 0.6 is 0 Å². The second-order valence-corrected chi connectivity index (χ2v) is 4.03. The Kier molecular flexibility index (Phi) is 3.62. The minimum atomic E-state index is 0.873. The van der Waals surface area contributed by atoms with E-state index in [0.29, 0.717) is 0 Å². The van der Waals surface area contributed by atoms with Crippen LogP contribution in [0.5, 0.6) is 5.75 Å². The third-order valence-electron chi connectivity index (χ3n) is 2.76. The molecule has 1 N–H and O–H groups in total. The SMILES string of the molecule is CCCNCc1cccc2c1OCCC2. The van der Waals surface area contributed by atoms with Crippen molar-refractivity contribution in [1.82, 2.24) is 5.32 Å². The van der Waals surface area contributed by atoms with E-state index in [2.05, 4.69) is 30.4 Å². The van der Waals surface area contributed by atoms with Gasteiger partial charge in [0.05, 0.1) is 6.61 Å². The van der Waals surface area contributed by atoms with Gasteiger partial charge in [0.25, 0.3) is 0 Å². The molecule has 0 aromatic heterocycles. The van der Waals surface area contributed by atoms with E-state index in [1.54, 1.807) is 0 Å². The topological polar surface area (TPSA) is 21.3 Å². The van der Waals surface area contributed by atoms with E-state index >= 15 is 0 Å². The third kappa shape index (κ3) is 2.51. The van der Waals surface area contributed by atoms with Gasteiger partial charge in [-0.1, -0.05) is 25.1 Å². The quantitative estimate of drug-likeness (QED) is 0.763. The van der Waals surface area contributed by atoms with Gasteiger partial charge in [-0.15, -0.1) is 0 Å². The number of rotatable bonds is 4. The molecule has 0 unspecified atom stereocenters. The fourth-order valence-corrected chi connectivity index (χ4v) is 2.00. The van der Waals surface area contributed by atoms with Crippen molar-refractivity contribution in [3.8, 4) is 5.75 Å². The summed E-state index contributed by atoms with van der Waals surface area (Å²) in [6.45, 7) is 5.06. The largest absolute Gasteiger partial charge is 0.493 e. The van der Waals surface area contributed by atoms with Crippen LogP contribution in [0.3, 0.4) is 0 Å². The fraction of sp³-hybridized carbons (Fsp3) is 0.538. The van der Waals surface area contributed by atoms with Crippen LogP contribution in [0.4, 0.5) is 0 Å². The number of hydrogen-bond acceptors (Lipinski definition) is 2. The summed E-state index contributed by atoms with van der Waals surface area (Å²) < 4.78 is 5.75. The Morgan fingerprint density at radius 1 is 1.40 bits per heavy atom. The van der Waals surface area contributed by atoms with E-state index < -0.39 is 0 Å². The molecule has 0 atom stereocenters. The number of para-hydroxylation sites is 1. The molecule has 1 heterocycles. The summed E-state index contributed by atoms with van der Waals surface area (Å²) in [4.78, 5) is 0. The standard InChI is InChI=1S/C13H19NO/c1-2-8-14-10-12-6-3-5-11-7-4-9-15-13(11)12/h3,5-6,14H,2,4,7-10H2,1H3. The van der Waals surface area contributed by atoms with Gasteiger partial charge in [0.15, 0.2) is 0 Å². The first-order valence-corrected chi connectivity index (χ1v) is 5.86. The van der Waals surface area contributed by atoms with E-state index in [9.17, 15) is 0 Å². The van der Waals surface area contributed by atoms with Gasteiger partial charge in [-0.3, -0.25) is 0 Å². The minimum absolute atomic E-state index is 0.873. The summed E-state index contributed by atoms with van der Waals surface area (Å²) in [5.74, 6) is 1.13. The first-order valence-electron chi connectivity index (χ1n) is 5.86. The van der Waals surface area contributed by atoms with E-state index in [0.717, 1.165) is 38.3 Å². The molecule has 2 rings (SSSR count). The Hall–Kier alpha value is -1.02. The number of benzene rings is 1. The molecule has 0 radical (unpaired) electrons. The van der Waals surface area contributed by atoms with Crippen molar-refractivity contribution >= 4 is 0 Å². The highest BCUT2D eigenvalue weighted by molar-refractivity contribution is 5.42. The lowest BCUT2D eigenvalue weighted by Gasteiger charge is -2.20. The molecule has 0 saturated heterocycles. The first kappa shape index (κ1) is 10.5. The Morgan fingerprint density at radius 3 is 3.20 bits per heavy atom. The zero-order valence-corrected chi connectivity index (χ0v) is 9.38. The van der Waals surface area contributed by atoms with E-state index in [-0.39, 0.29) is 0 Å². The zero-order chi connectivity index (χ0) is 10.5. The van der Waals surface area contributed by atoms with Gasteiger partial charge in [-0.05, 0) is 31.4 Å². The first-order chi connectivity index (χ1) is 7.42. The molecular weight excluding hydrogens is 186 g/mol. The summed E-state index contributed by atoms with van der Waals surface area (Å²) in [6.07, 6.45) is 3.49. The fourth-order valence-electron chi connectivity index (χ4n) is 2.00. The number of ether oxygens (including phenoxy) is 1. The second kappa shape index (κ2) is 5.17. The second-order valence-electron chi connectivity index (χ2n) is 4.03. The van der Waals surface area contributed by atoms with Crippen LogP contribution in [0.1, 0.15) is 30.9 Å². The highest BCUT2D eigenvalue weighted by atomic mass is 16.5. The smallest absolute Gasteiger partial charge is 0.126 e. The van der Waals surface area contributed by atoms with Crippen LogP contribution in [0.15, 0.2) is 18.2 Å². The Balaban J connectivity index is 2.09. The maximum atomic E-state index is 5.75. The molecule has 0 saturated carbocycles. The maximum absolute atomic E-state index is 5.75. The lowest BCUT2D eigenvalue weighted by molar-refractivity contribution is 0.284. The van der Waals surface area contributed by atoms with Crippen LogP contribution < -0.4 is 10.1 Å². The average molecular weight is 205 g/mol. The van der Waals surface area contributed by atoms with Crippen molar-refractivity contribution in [2.45, 2.75) is 32.7 Å². The van der Waals surface area contributed by atoms with Gasteiger partial charge in [-0.25, -0.2) is 0 Å². The average Bonchev–Trinajstić information content (AvgIpc) is 2.30. The van der Waals surface area contributed by atoms with Crippen molar-refractivity contribution in [1.29, 1.82) is 0 Å². The van der Waals surface area contributed by atoms with Crippen molar-refractivity contribution in [3.63, 3.8) is 0 Å². The van der Waals surface area contributed by atoms with E-state index in [4.69, 9.17) is 4.74 Å². The summed E-state index contributed by atoms with van der Waals surface area (Å²) in [5, 5.41) is 3.42. The predicted octanol–water partition coefficient (Wildman–Crippen LogP) is 2.51. The molecule has 1 aromatic carbocycles. The van der Waals surface area contributed by atoms with Crippen molar-refractivity contribution < 1.29 is 4.74 Å². The van der Waals surface area contributed by atoms with Gasteiger partial charge in [0.1, 0.15) is 5.75 Å². The van der Waals surface area contributed by atoms with Gasteiger partial charge >= 0.3 is 0 Å². The van der Waals surface area contributed by atoms with Gasteiger partial charge in [0, 0.05) is 12.1 Å². The molecule has 82 valence electrons. The summed E-state index contributed by atoms with van der Waals surface area (Å²) in [6, 6.07) is 6.47. The molecule has 1 aromatic rings. The van der Waals surface area contributed by atoms with Crippen LogP contribution in [0.2, 0.25) is 0 Å². The number of fused-ring (bicyclic) bond motifs is 1. The minimum Gasteiger partial charge on any atom is -0.493 e. The summed E-state index contributed by atoms with van der Waals surface area (Å²) in [7, 11) is 0. The van der Waals surface area contributed by atoms with Gasteiger partial charge < -0.3 is 10.1 Å². The Morgan fingerprint density at radius 2 is 2.33 bits per heavy atom. The van der Waals surface area contributed by atoms with Crippen LogP contribution in [-0.4, -0.2) is 13.2 Å². The van der Waals surface area contributed by atoms with E-state index in [1.165, 1.54) is 17.5 Å². The Bertz CT molecular complexity index is 322. The molecule has 15 heavy (non-hydrogen) atoms. The molecule has 2 nitrogen and oxygen atoms in total. The highest BCUT2D eigenvalue weighted by Gasteiger charge is 2.13. The molecule has 1 aliphatic heterocycles. The van der Waals surface area contributed by atoms with Gasteiger partial charge in [-0.2, -0.15) is 0 Å². The zero-order valence-electron chi connectivity index (χ0n) is 9.38. The lowest BCUT2D eigenvalue weighted by Crippen LogP contribution is -2.17. The van der Waals surface area contributed by atoms with E-state index in [1.807, 2.05) is 0 Å². The molecule has 0 aliphatic carbocycles. The van der Waals surface area contributed by atoms with Crippen LogP contribution in [0, 0.1) is 0 Å². The molecular formula is C13H19NO. The molecule has 0 fully saturated rings. The summed E-state index contributed by atoms with van der Waals surface area (Å²) >= 11 is 0. The number of aryl methyl sites for hydroxylation is 1. The van der Waals surface area contributed by atoms with Crippen molar-refractivity contribution in [2.75, 3.05) is 13.2 Å². The predicted molar refractivity (Wildman–Crippen MR) is 62.3 cm³/mol.